The van der Waals surface area contributed by atoms with E-state index in [9.17, 15) is 4.79 Å². The van der Waals surface area contributed by atoms with E-state index in [1.54, 1.807) is 30.1 Å². The first kappa shape index (κ1) is 9.99. The third-order valence-corrected chi connectivity index (χ3v) is 1.66. The van der Waals surface area contributed by atoms with Crippen LogP contribution in [0.15, 0.2) is 18.0 Å². The van der Waals surface area contributed by atoms with Crippen molar-refractivity contribution >= 4 is 12.0 Å². The molecule has 72 valence electrons. The van der Waals surface area contributed by atoms with Crippen LogP contribution in [0.4, 0.5) is 0 Å². The number of carbonyl (C=O) groups excluding carboxylic acids is 1. The molecule has 0 bridgehead atoms. The first-order chi connectivity index (χ1) is 6.69. The number of hydrogen-bond acceptors (Lipinski definition) is 4. The van der Waals surface area contributed by atoms with Crippen LogP contribution < -0.4 is 0 Å². The summed E-state index contributed by atoms with van der Waals surface area (Å²) in [7, 11) is 3.00. The van der Waals surface area contributed by atoms with Gasteiger partial charge in [0, 0.05) is 25.5 Å². The summed E-state index contributed by atoms with van der Waals surface area (Å²) in [4.78, 5) is 15.0. The van der Waals surface area contributed by atoms with Crippen LogP contribution >= 0.6 is 0 Å². The Balaban J connectivity index is 3.03. The lowest BCUT2D eigenvalue weighted by atomic mass is 10.2. The molecule has 1 aromatic heterocycles. The minimum atomic E-state index is -0.657. The van der Waals surface area contributed by atoms with E-state index in [0.717, 1.165) is 0 Å². The molecule has 0 radical (unpaired) electrons. The van der Waals surface area contributed by atoms with Gasteiger partial charge < -0.3 is 9.30 Å². The number of rotatable bonds is 2. The van der Waals surface area contributed by atoms with Crippen molar-refractivity contribution in [1.29, 1.82) is 5.26 Å². The molecule has 1 rings (SSSR count). The molecule has 0 N–H and O–H groups in total. The zero-order chi connectivity index (χ0) is 10.6. The maximum atomic E-state index is 11.0. The maximum absolute atomic E-state index is 11.0. The molecule has 0 aromatic carbocycles. The topological polar surface area (TPSA) is 67.9 Å². The van der Waals surface area contributed by atoms with Crippen molar-refractivity contribution in [3.05, 3.63) is 23.8 Å². The Morgan fingerprint density at radius 3 is 2.93 bits per heavy atom. The van der Waals surface area contributed by atoms with Crippen molar-refractivity contribution in [3.8, 4) is 6.07 Å². The van der Waals surface area contributed by atoms with Crippen molar-refractivity contribution < 1.29 is 9.53 Å². The van der Waals surface area contributed by atoms with Crippen LogP contribution in [0.1, 0.15) is 5.82 Å². The molecule has 0 saturated carbocycles. The first-order valence-corrected chi connectivity index (χ1v) is 3.86. The predicted molar refractivity (Wildman–Crippen MR) is 48.8 cm³/mol. The van der Waals surface area contributed by atoms with Crippen LogP contribution in [0.3, 0.4) is 0 Å². The summed E-state index contributed by atoms with van der Waals surface area (Å²) in [6.07, 6.45) is 4.68. The molecule has 0 unspecified atom stereocenters. The number of nitrogens with zero attached hydrogens (tertiary/aromatic N) is 3. The van der Waals surface area contributed by atoms with Crippen molar-refractivity contribution in [1.82, 2.24) is 9.55 Å². The fraction of sp³-hybridized carbons (Fsp3) is 0.222. The standard InChI is InChI=1S/C9H9N3O2/c1-12-4-3-11-8(12)5-7(6-10)9(13)14-2/h3-5H,1-2H3. The van der Waals surface area contributed by atoms with E-state index in [0.29, 0.717) is 5.82 Å². The lowest BCUT2D eigenvalue weighted by Crippen LogP contribution is -2.03. The fourth-order valence-corrected chi connectivity index (χ4v) is 0.892. The van der Waals surface area contributed by atoms with Gasteiger partial charge in [0.15, 0.2) is 0 Å². The van der Waals surface area contributed by atoms with Crippen LogP contribution in [-0.4, -0.2) is 22.6 Å². The average molecular weight is 191 g/mol. The zero-order valence-electron chi connectivity index (χ0n) is 7.89. The van der Waals surface area contributed by atoms with E-state index in [-0.39, 0.29) is 5.57 Å². The summed E-state index contributed by atoms with van der Waals surface area (Å²) in [6, 6.07) is 1.75. The summed E-state index contributed by atoms with van der Waals surface area (Å²) >= 11 is 0. The number of imidazole rings is 1. The summed E-state index contributed by atoms with van der Waals surface area (Å²) in [5.41, 5.74) is -0.0678. The van der Waals surface area contributed by atoms with Gasteiger partial charge in [-0.25, -0.2) is 9.78 Å². The quantitative estimate of drug-likeness (QED) is 0.388. The molecular weight excluding hydrogens is 182 g/mol. The number of nitriles is 1. The minimum Gasteiger partial charge on any atom is -0.465 e. The van der Waals surface area contributed by atoms with Crippen molar-refractivity contribution in [2.24, 2.45) is 7.05 Å². The van der Waals surface area contributed by atoms with Gasteiger partial charge in [-0.2, -0.15) is 5.26 Å². The molecule has 1 aromatic rings. The molecule has 1 heterocycles. The van der Waals surface area contributed by atoms with Gasteiger partial charge in [-0.15, -0.1) is 0 Å². The molecule has 5 nitrogen and oxygen atoms in total. The van der Waals surface area contributed by atoms with E-state index in [1.165, 1.54) is 13.2 Å². The highest BCUT2D eigenvalue weighted by atomic mass is 16.5. The van der Waals surface area contributed by atoms with Gasteiger partial charge in [-0.1, -0.05) is 0 Å². The molecule has 0 amide bonds. The van der Waals surface area contributed by atoms with E-state index in [1.807, 2.05) is 0 Å². The SMILES string of the molecule is COC(=O)C(C#N)=Cc1nccn1C. The van der Waals surface area contributed by atoms with Crippen LogP contribution in [0.5, 0.6) is 0 Å². The third kappa shape index (κ3) is 1.98. The van der Waals surface area contributed by atoms with Crippen molar-refractivity contribution in [2.75, 3.05) is 7.11 Å². The van der Waals surface area contributed by atoms with E-state index < -0.39 is 5.97 Å². The van der Waals surface area contributed by atoms with Gasteiger partial charge in [-0.05, 0) is 0 Å². The van der Waals surface area contributed by atoms with Gasteiger partial charge in [0.05, 0.1) is 7.11 Å². The van der Waals surface area contributed by atoms with Gasteiger partial charge in [-0.3, -0.25) is 0 Å². The molecular formula is C9H9N3O2. The fourth-order valence-electron chi connectivity index (χ4n) is 0.892. The third-order valence-electron chi connectivity index (χ3n) is 1.66. The second-order valence-corrected chi connectivity index (χ2v) is 2.56. The Kier molecular flexibility index (Phi) is 3.02. The Morgan fingerprint density at radius 2 is 2.50 bits per heavy atom. The Morgan fingerprint density at radius 1 is 1.79 bits per heavy atom. The Bertz CT molecular complexity index is 412. The smallest absolute Gasteiger partial charge is 0.348 e. The van der Waals surface area contributed by atoms with Crippen LogP contribution in [0, 0.1) is 11.3 Å². The largest absolute Gasteiger partial charge is 0.465 e. The molecule has 0 saturated heterocycles. The number of esters is 1. The van der Waals surface area contributed by atoms with Gasteiger partial charge in [0.25, 0.3) is 0 Å². The minimum absolute atomic E-state index is 0.0678. The highest BCUT2D eigenvalue weighted by molar-refractivity contribution is 5.97. The van der Waals surface area contributed by atoms with Crippen LogP contribution in [-0.2, 0) is 16.6 Å². The molecule has 0 spiro atoms. The summed E-state index contributed by atoms with van der Waals surface area (Å²) < 4.78 is 6.12. The number of carbonyl (C=O) groups is 1. The second kappa shape index (κ2) is 4.23. The summed E-state index contributed by atoms with van der Waals surface area (Å²) in [5, 5.41) is 8.66. The molecule has 14 heavy (non-hydrogen) atoms. The maximum Gasteiger partial charge on any atom is 0.348 e. The Hall–Kier alpha value is -2.09. The van der Waals surface area contributed by atoms with E-state index >= 15 is 0 Å². The predicted octanol–water partition coefficient (Wildman–Crippen LogP) is 0.500. The Labute approximate surface area is 81.2 Å². The van der Waals surface area contributed by atoms with Crippen molar-refractivity contribution in [2.45, 2.75) is 0 Å². The monoisotopic (exact) mass is 191 g/mol. The molecule has 0 aliphatic heterocycles. The average Bonchev–Trinajstić information content (AvgIpc) is 2.59. The normalized spacial score (nSPS) is 10.8. The van der Waals surface area contributed by atoms with Crippen molar-refractivity contribution in [3.63, 3.8) is 0 Å². The van der Waals surface area contributed by atoms with Crippen LogP contribution in [0.25, 0.3) is 6.08 Å². The summed E-state index contributed by atoms with van der Waals surface area (Å²) in [6.45, 7) is 0. The van der Waals surface area contributed by atoms with Gasteiger partial charge in [0.2, 0.25) is 0 Å². The number of methoxy groups -OCH3 is 1. The summed E-state index contributed by atoms with van der Waals surface area (Å²) in [5.74, 6) is -0.123. The highest BCUT2D eigenvalue weighted by Gasteiger charge is 2.09. The van der Waals surface area contributed by atoms with Crippen LogP contribution in [0.2, 0.25) is 0 Å². The highest BCUT2D eigenvalue weighted by Crippen LogP contribution is 2.04. The van der Waals surface area contributed by atoms with E-state index in [4.69, 9.17) is 5.26 Å². The van der Waals surface area contributed by atoms with Gasteiger partial charge in [0.1, 0.15) is 17.5 Å². The number of aryl methyl sites for hydroxylation is 1. The molecule has 0 atom stereocenters. The lowest BCUT2D eigenvalue weighted by Gasteiger charge is -1.96. The lowest BCUT2D eigenvalue weighted by molar-refractivity contribution is -0.135. The van der Waals surface area contributed by atoms with Gasteiger partial charge >= 0.3 is 5.97 Å². The number of ether oxygens (including phenoxy) is 1. The number of hydrogen-bond donors (Lipinski definition) is 0. The first-order valence-electron chi connectivity index (χ1n) is 3.86. The molecule has 0 aliphatic carbocycles. The van der Waals surface area contributed by atoms with E-state index in [2.05, 4.69) is 9.72 Å². The second-order valence-electron chi connectivity index (χ2n) is 2.56. The molecule has 0 aliphatic rings. The zero-order valence-corrected chi connectivity index (χ0v) is 7.89. The molecule has 0 fully saturated rings. The molecule has 5 heteroatoms. The number of aromatic nitrogens is 2.